The molecule has 0 saturated heterocycles. The summed E-state index contributed by atoms with van der Waals surface area (Å²) in [6.45, 7) is 0.462. The Kier molecular flexibility index (Phi) is 5.22. The average molecular weight is 314 g/mol. The minimum atomic E-state index is -0.783. The van der Waals surface area contributed by atoms with Gasteiger partial charge in [0.1, 0.15) is 5.82 Å². The summed E-state index contributed by atoms with van der Waals surface area (Å²) in [4.78, 5) is 13.3. The lowest BCUT2D eigenvalue weighted by Crippen LogP contribution is -2.49. The first-order chi connectivity index (χ1) is 9.93. The third kappa shape index (κ3) is 3.95. The van der Waals surface area contributed by atoms with Crippen LogP contribution in [0.5, 0.6) is 0 Å². The SMILES string of the molecule is CN(Cc1cc(F)ccc1Cl)C1(CC(=O)O)CCCCC1. The third-order valence-electron chi connectivity index (χ3n) is 4.49. The summed E-state index contributed by atoms with van der Waals surface area (Å²) in [7, 11) is 1.91. The predicted molar refractivity (Wildman–Crippen MR) is 80.9 cm³/mol. The molecule has 5 heteroatoms. The van der Waals surface area contributed by atoms with Gasteiger partial charge in [-0.1, -0.05) is 30.9 Å². The molecule has 2 rings (SSSR count). The molecule has 3 nitrogen and oxygen atoms in total. The Balaban J connectivity index is 2.19. The molecule has 0 amide bonds. The van der Waals surface area contributed by atoms with E-state index < -0.39 is 5.97 Å². The highest BCUT2D eigenvalue weighted by Gasteiger charge is 2.38. The van der Waals surface area contributed by atoms with Gasteiger partial charge in [-0.2, -0.15) is 0 Å². The van der Waals surface area contributed by atoms with Gasteiger partial charge in [0.25, 0.3) is 0 Å². The van der Waals surface area contributed by atoms with Crippen LogP contribution in [0.15, 0.2) is 18.2 Å². The fraction of sp³-hybridized carbons (Fsp3) is 0.562. The molecule has 0 atom stereocenters. The van der Waals surface area contributed by atoms with E-state index in [1.165, 1.54) is 12.1 Å². The number of nitrogens with zero attached hydrogens (tertiary/aromatic N) is 1. The van der Waals surface area contributed by atoms with Gasteiger partial charge >= 0.3 is 5.97 Å². The van der Waals surface area contributed by atoms with Gasteiger partial charge in [0.15, 0.2) is 0 Å². The van der Waals surface area contributed by atoms with Crippen LogP contribution in [-0.2, 0) is 11.3 Å². The zero-order valence-corrected chi connectivity index (χ0v) is 13.0. The lowest BCUT2D eigenvalue weighted by atomic mass is 9.78. The summed E-state index contributed by atoms with van der Waals surface area (Å²) in [5.74, 6) is -1.10. The van der Waals surface area contributed by atoms with Crippen molar-refractivity contribution >= 4 is 17.6 Å². The first-order valence-corrected chi connectivity index (χ1v) is 7.68. The quantitative estimate of drug-likeness (QED) is 0.890. The van der Waals surface area contributed by atoms with E-state index in [-0.39, 0.29) is 17.8 Å². The lowest BCUT2D eigenvalue weighted by molar-refractivity contribution is -0.141. The highest BCUT2D eigenvalue weighted by Crippen LogP contribution is 2.37. The summed E-state index contributed by atoms with van der Waals surface area (Å²) in [6, 6.07) is 4.31. The summed E-state index contributed by atoms with van der Waals surface area (Å²) in [5.41, 5.74) is 0.356. The Labute approximate surface area is 129 Å². The highest BCUT2D eigenvalue weighted by molar-refractivity contribution is 6.31. The van der Waals surface area contributed by atoms with Gasteiger partial charge < -0.3 is 5.11 Å². The van der Waals surface area contributed by atoms with Gasteiger partial charge in [0.05, 0.1) is 6.42 Å². The second kappa shape index (κ2) is 6.75. The Bertz CT molecular complexity index is 515. The number of hydrogen-bond donors (Lipinski definition) is 1. The fourth-order valence-electron chi connectivity index (χ4n) is 3.27. The van der Waals surface area contributed by atoms with Gasteiger partial charge in [0, 0.05) is 17.1 Å². The van der Waals surface area contributed by atoms with Crippen LogP contribution >= 0.6 is 11.6 Å². The largest absolute Gasteiger partial charge is 0.481 e. The molecule has 0 unspecified atom stereocenters. The Morgan fingerprint density at radius 3 is 2.67 bits per heavy atom. The molecule has 0 bridgehead atoms. The standard InChI is InChI=1S/C16H21ClFNO2/c1-19(11-12-9-13(18)5-6-14(12)17)16(10-15(20)21)7-3-2-4-8-16/h5-6,9H,2-4,7-8,10-11H2,1H3,(H,20,21). The number of halogens is 2. The molecule has 1 fully saturated rings. The molecule has 1 aliphatic rings. The highest BCUT2D eigenvalue weighted by atomic mass is 35.5. The van der Waals surface area contributed by atoms with Crippen molar-refractivity contribution in [2.45, 2.75) is 50.6 Å². The van der Waals surface area contributed by atoms with Crippen LogP contribution in [0.25, 0.3) is 0 Å². The van der Waals surface area contributed by atoms with Crippen molar-refractivity contribution in [1.29, 1.82) is 0 Å². The molecule has 0 aromatic heterocycles. The number of carboxylic acid groups (broad SMARTS) is 1. The smallest absolute Gasteiger partial charge is 0.305 e. The molecule has 1 aliphatic carbocycles. The molecule has 1 saturated carbocycles. The monoisotopic (exact) mass is 313 g/mol. The van der Waals surface area contributed by atoms with E-state index >= 15 is 0 Å². The van der Waals surface area contributed by atoms with Crippen molar-refractivity contribution in [2.24, 2.45) is 0 Å². The maximum absolute atomic E-state index is 13.4. The predicted octanol–water partition coefficient (Wildman–Crippen LogP) is 4.09. The number of rotatable bonds is 5. The van der Waals surface area contributed by atoms with Crippen molar-refractivity contribution < 1.29 is 14.3 Å². The van der Waals surface area contributed by atoms with E-state index in [0.29, 0.717) is 17.1 Å². The van der Waals surface area contributed by atoms with Crippen molar-refractivity contribution in [3.8, 4) is 0 Å². The number of benzene rings is 1. The van der Waals surface area contributed by atoms with E-state index in [4.69, 9.17) is 11.6 Å². The van der Waals surface area contributed by atoms with Crippen LogP contribution in [0.1, 0.15) is 44.1 Å². The van der Waals surface area contributed by atoms with Gasteiger partial charge in [-0.15, -0.1) is 0 Å². The zero-order chi connectivity index (χ0) is 15.5. The second-order valence-corrected chi connectivity index (χ2v) is 6.35. The van der Waals surface area contributed by atoms with Gasteiger partial charge in [0.2, 0.25) is 0 Å². The second-order valence-electron chi connectivity index (χ2n) is 5.95. The molecule has 1 N–H and O–H groups in total. The fourth-order valence-corrected chi connectivity index (χ4v) is 3.45. The minimum absolute atomic E-state index is 0.121. The van der Waals surface area contributed by atoms with Gasteiger partial charge in [-0.25, -0.2) is 4.39 Å². The normalized spacial score (nSPS) is 17.9. The topological polar surface area (TPSA) is 40.5 Å². The van der Waals surface area contributed by atoms with Crippen LogP contribution < -0.4 is 0 Å². The molecule has 0 heterocycles. The number of aliphatic carboxylic acids is 1. The van der Waals surface area contributed by atoms with Crippen LogP contribution in [0.2, 0.25) is 5.02 Å². The third-order valence-corrected chi connectivity index (χ3v) is 4.86. The Morgan fingerprint density at radius 2 is 2.05 bits per heavy atom. The molecule has 1 aromatic rings. The average Bonchev–Trinajstić information content (AvgIpc) is 2.43. The lowest BCUT2D eigenvalue weighted by Gasteiger charge is -2.44. The van der Waals surface area contributed by atoms with Crippen molar-refractivity contribution in [3.63, 3.8) is 0 Å². The van der Waals surface area contributed by atoms with E-state index in [9.17, 15) is 14.3 Å². The molecule has 21 heavy (non-hydrogen) atoms. The van der Waals surface area contributed by atoms with E-state index in [0.717, 1.165) is 32.1 Å². The number of hydrogen-bond acceptors (Lipinski definition) is 2. The zero-order valence-electron chi connectivity index (χ0n) is 12.2. The molecule has 0 spiro atoms. The molecular formula is C16H21ClFNO2. The van der Waals surface area contributed by atoms with Crippen molar-refractivity contribution in [2.75, 3.05) is 7.05 Å². The molecule has 0 radical (unpaired) electrons. The maximum atomic E-state index is 13.4. The molecule has 0 aliphatic heterocycles. The Hall–Kier alpha value is -1.13. The molecular weight excluding hydrogens is 293 g/mol. The first kappa shape index (κ1) is 16.2. The van der Waals surface area contributed by atoms with Crippen LogP contribution in [0, 0.1) is 5.82 Å². The number of carbonyl (C=O) groups is 1. The molecule has 1 aromatic carbocycles. The van der Waals surface area contributed by atoms with E-state index in [1.807, 2.05) is 11.9 Å². The van der Waals surface area contributed by atoms with Gasteiger partial charge in [-0.3, -0.25) is 9.69 Å². The van der Waals surface area contributed by atoms with Crippen LogP contribution in [0.3, 0.4) is 0 Å². The van der Waals surface area contributed by atoms with E-state index in [1.54, 1.807) is 6.07 Å². The summed E-state index contributed by atoms with van der Waals surface area (Å²) in [5, 5.41) is 9.75. The summed E-state index contributed by atoms with van der Waals surface area (Å²) >= 11 is 6.12. The van der Waals surface area contributed by atoms with Crippen LogP contribution in [-0.4, -0.2) is 28.6 Å². The molecule has 116 valence electrons. The summed E-state index contributed by atoms with van der Waals surface area (Å²) < 4.78 is 13.4. The van der Waals surface area contributed by atoms with Gasteiger partial charge in [-0.05, 0) is 43.7 Å². The first-order valence-electron chi connectivity index (χ1n) is 7.30. The number of carboxylic acids is 1. The summed E-state index contributed by atoms with van der Waals surface area (Å²) in [6.07, 6.45) is 5.07. The van der Waals surface area contributed by atoms with Crippen LogP contribution in [0.4, 0.5) is 4.39 Å². The Morgan fingerprint density at radius 1 is 1.38 bits per heavy atom. The van der Waals surface area contributed by atoms with E-state index in [2.05, 4.69) is 0 Å². The minimum Gasteiger partial charge on any atom is -0.481 e. The maximum Gasteiger partial charge on any atom is 0.305 e. The van der Waals surface area contributed by atoms with Crippen molar-refractivity contribution in [1.82, 2.24) is 4.90 Å². The van der Waals surface area contributed by atoms with Crippen molar-refractivity contribution in [3.05, 3.63) is 34.6 Å².